The van der Waals surface area contributed by atoms with Gasteiger partial charge in [0.05, 0.1) is 6.54 Å². The van der Waals surface area contributed by atoms with E-state index in [1.165, 1.54) is 4.68 Å². The Balaban J connectivity index is 1.28. The minimum absolute atomic E-state index is 0.00722. The number of fused-ring (bicyclic) bond motifs is 1. The number of rotatable bonds is 5. The van der Waals surface area contributed by atoms with Gasteiger partial charge in [-0.05, 0) is 43.5 Å². The molecular formula is C21H25N5O2. The van der Waals surface area contributed by atoms with Crippen LogP contribution in [0.15, 0.2) is 53.5 Å². The second-order valence-electron chi connectivity index (χ2n) is 7.34. The van der Waals surface area contributed by atoms with Crippen molar-refractivity contribution < 1.29 is 4.79 Å². The highest BCUT2D eigenvalue weighted by atomic mass is 16.2. The maximum Gasteiger partial charge on any atom is 0.350 e. The lowest BCUT2D eigenvalue weighted by molar-refractivity contribution is 0.0909. The lowest BCUT2D eigenvalue weighted by Crippen LogP contribution is -2.45. The van der Waals surface area contributed by atoms with Crippen molar-refractivity contribution in [2.45, 2.75) is 32.4 Å². The summed E-state index contributed by atoms with van der Waals surface area (Å²) in [6, 6.07) is 13.4. The molecule has 2 aromatic heterocycles. The first kappa shape index (κ1) is 18.4. The first-order chi connectivity index (χ1) is 13.6. The van der Waals surface area contributed by atoms with E-state index < -0.39 is 0 Å². The number of aromatic nitrogens is 3. The summed E-state index contributed by atoms with van der Waals surface area (Å²) in [5.74, 6) is 0.00722. The number of amides is 1. The molecule has 146 valence electrons. The molecule has 0 atom stereocenters. The van der Waals surface area contributed by atoms with Gasteiger partial charge in [0.2, 0.25) is 0 Å². The Bertz CT molecular complexity index is 1030. The zero-order chi connectivity index (χ0) is 19.5. The SMILES string of the molecule is Cc1ccccc1C(=O)NC1CCN(CCn2nc3ccccn3c2=O)CC1. The van der Waals surface area contributed by atoms with Gasteiger partial charge in [0, 0.05) is 37.4 Å². The van der Waals surface area contributed by atoms with Crippen LogP contribution in [0.5, 0.6) is 0 Å². The fourth-order valence-electron chi connectivity index (χ4n) is 3.74. The number of carbonyl (C=O) groups excluding carboxylic acids is 1. The van der Waals surface area contributed by atoms with Crippen LogP contribution in [0.25, 0.3) is 5.65 Å². The van der Waals surface area contributed by atoms with Crippen LogP contribution in [-0.4, -0.2) is 50.7 Å². The third kappa shape index (κ3) is 3.84. The maximum atomic E-state index is 12.5. The van der Waals surface area contributed by atoms with Crippen molar-refractivity contribution in [3.8, 4) is 0 Å². The molecule has 1 fully saturated rings. The van der Waals surface area contributed by atoms with E-state index in [1.54, 1.807) is 10.6 Å². The van der Waals surface area contributed by atoms with E-state index in [0.717, 1.165) is 43.6 Å². The van der Waals surface area contributed by atoms with Crippen molar-refractivity contribution in [1.82, 2.24) is 24.4 Å². The van der Waals surface area contributed by atoms with Gasteiger partial charge < -0.3 is 10.2 Å². The molecule has 0 bridgehead atoms. The Morgan fingerprint density at radius 3 is 2.61 bits per heavy atom. The Labute approximate surface area is 163 Å². The third-order valence-electron chi connectivity index (χ3n) is 5.43. The van der Waals surface area contributed by atoms with E-state index in [-0.39, 0.29) is 17.6 Å². The van der Waals surface area contributed by atoms with E-state index in [1.807, 2.05) is 49.4 Å². The number of benzene rings is 1. The van der Waals surface area contributed by atoms with Gasteiger partial charge in [-0.25, -0.2) is 9.48 Å². The second-order valence-corrected chi connectivity index (χ2v) is 7.34. The summed E-state index contributed by atoms with van der Waals surface area (Å²) in [5, 5.41) is 7.54. The molecule has 7 nitrogen and oxygen atoms in total. The Morgan fingerprint density at radius 1 is 1.11 bits per heavy atom. The number of nitrogens with one attached hydrogen (secondary N) is 1. The van der Waals surface area contributed by atoms with Gasteiger partial charge >= 0.3 is 5.69 Å². The molecule has 1 amide bonds. The predicted molar refractivity (Wildman–Crippen MR) is 108 cm³/mol. The fraction of sp³-hybridized carbons (Fsp3) is 0.381. The molecule has 0 radical (unpaired) electrons. The molecule has 1 aromatic carbocycles. The number of nitrogens with zero attached hydrogens (tertiary/aromatic N) is 4. The van der Waals surface area contributed by atoms with Gasteiger partial charge in [0.1, 0.15) is 0 Å². The summed E-state index contributed by atoms with van der Waals surface area (Å²) in [5.41, 5.74) is 2.31. The fourth-order valence-corrected chi connectivity index (χ4v) is 3.74. The summed E-state index contributed by atoms with van der Waals surface area (Å²) >= 11 is 0. The number of pyridine rings is 1. The van der Waals surface area contributed by atoms with Gasteiger partial charge in [-0.15, -0.1) is 5.10 Å². The Kier molecular flexibility index (Phi) is 5.25. The minimum Gasteiger partial charge on any atom is -0.349 e. The van der Waals surface area contributed by atoms with Crippen molar-refractivity contribution in [3.63, 3.8) is 0 Å². The topological polar surface area (TPSA) is 71.6 Å². The van der Waals surface area contributed by atoms with Gasteiger partial charge in [-0.2, -0.15) is 0 Å². The Morgan fingerprint density at radius 2 is 1.86 bits per heavy atom. The smallest absolute Gasteiger partial charge is 0.349 e. The summed E-state index contributed by atoms with van der Waals surface area (Å²) in [7, 11) is 0. The van der Waals surface area contributed by atoms with Gasteiger partial charge in [-0.3, -0.25) is 9.20 Å². The predicted octanol–water partition coefficient (Wildman–Crippen LogP) is 1.70. The number of hydrogen-bond acceptors (Lipinski definition) is 4. The highest BCUT2D eigenvalue weighted by Gasteiger charge is 2.21. The molecular weight excluding hydrogens is 354 g/mol. The molecule has 1 N–H and O–H groups in total. The average molecular weight is 379 g/mol. The van der Waals surface area contributed by atoms with Gasteiger partial charge in [-0.1, -0.05) is 24.3 Å². The van der Waals surface area contributed by atoms with Crippen molar-refractivity contribution in [2.75, 3.05) is 19.6 Å². The number of hydrogen-bond donors (Lipinski definition) is 1. The third-order valence-corrected chi connectivity index (χ3v) is 5.43. The molecule has 3 aromatic rings. The molecule has 28 heavy (non-hydrogen) atoms. The molecule has 1 aliphatic rings. The number of carbonyl (C=O) groups is 1. The normalized spacial score (nSPS) is 15.8. The van der Waals surface area contributed by atoms with Crippen LogP contribution in [0.3, 0.4) is 0 Å². The van der Waals surface area contributed by atoms with Crippen molar-refractivity contribution >= 4 is 11.6 Å². The quantitative estimate of drug-likeness (QED) is 0.732. The van der Waals surface area contributed by atoms with E-state index in [2.05, 4.69) is 15.3 Å². The molecule has 0 saturated carbocycles. The van der Waals surface area contributed by atoms with Crippen LogP contribution in [0.4, 0.5) is 0 Å². The van der Waals surface area contributed by atoms with Gasteiger partial charge in [0.15, 0.2) is 5.65 Å². The molecule has 0 spiro atoms. The highest BCUT2D eigenvalue weighted by molar-refractivity contribution is 5.95. The van der Waals surface area contributed by atoms with E-state index in [0.29, 0.717) is 12.2 Å². The second kappa shape index (κ2) is 7.98. The molecule has 1 saturated heterocycles. The van der Waals surface area contributed by atoms with E-state index >= 15 is 0 Å². The number of aryl methyl sites for hydroxylation is 1. The molecule has 0 aliphatic carbocycles. The summed E-state index contributed by atoms with van der Waals surface area (Å²) in [4.78, 5) is 27.1. The van der Waals surface area contributed by atoms with Crippen molar-refractivity contribution in [1.29, 1.82) is 0 Å². The molecule has 7 heteroatoms. The summed E-state index contributed by atoms with van der Waals surface area (Å²) in [6.07, 6.45) is 3.57. The lowest BCUT2D eigenvalue weighted by atomic mass is 10.0. The summed E-state index contributed by atoms with van der Waals surface area (Å²) < 4.78 is 3.09. The maximum absolute atomic E-state index is 12.5. The van der Waals surface area contributed by atoms with Crippen LogP contribution in [-0.2, 0) is 6.54 Å². The van der Waals surface area contributed by atoms with Crippen LogP contribution < -0.4 is 11.0 Å². The molecule has 1 aliphatic heterocycles. The standard InChI is InChI=1S/C21H25N5O2/c1-16-6-2-3-7-18(16)20(27)22-17-9-12-24(13-10-17)14-15-26-21(28)25-11-5-4-8-19(25)23-26/h2-8,11,17H,9-10,12-15H2,1H3,(H,22,27). The largest absolute Gasteiger partial charge is 0.350 e. The molecule has 3 heterocycles. The van der Waals surface area contributed by atoms with Crippen LogP contribution in [0.1, 0.15) is 28.8 Å². The number of piperidine rings is 1. The monoisotopic (exact) mass is 379 g/mol. The number of likely N-dealkylation sites (tertiary alicyclic amines) is 1. The van der Waals surface area contributed by atoms with Gasteiger partial charge in [0.25, 0.3) is 5.91 Å². The van der Waals surface area contributed by atoms with Crippen molar-refractivity contribution in [2.24, 2.45) is 0 Å². The highest BCUT2D eigenvalue weighted by Crippen LogP contribution is 2.13. The van der Waals surface area contributed by atoms with E-state index in [4.69, 9.17) is 0 Å². The van der Waals surface area contributed by atoms with Crippen LogP contribution in [0.2, 0.25) is 0 Å². The van der Waals surface area contributed by atoms with Crippen LogP contribution in [0, 0.1) is 6.92 Å². The summed E-state index contributed by atoms with van der Waals surface area (Å²) in [6.45, 7) is 5.11. The lowest BCUT2D eigenvalue weighted by Gasteiger charge is -2.32. The minimum atomic E-state index is -0.101. The first-order valence-corrected chi connectivity index (χ1v) is 9.75. The van der Waals surface area contributed by atoms with Crippen molar-refractivity contribution in [3.05, 3.63) is 70.3 Å². The van der Waals surface area contributed by atoms with Crippen LogP contribution >= 0.6 is 0 Å². The first-order valence-electron chi connectivity index (χ1n) is 9.75. The molecule has 4 rings (SSSR count). The average Bonchev–Trinajstić information content (AvgIpc) is 3.04. The molecule has 0 unspecified atom stereocenters. The zero-order valence-electron chi connectivity index (χ0n) is 16.0. The Hall–Kier alpha value is -2.93. The van der Waals surface area contributed by atoms with E-state index in [9.17, 15) is 9.59 Å². The zero-order valence-corrected chi connectivity index (χ0v) is 16.0.